The Balaban J connectivity index is 1.60. The highest BCUT2D eigenvalue weighted by Gasteiger charge is 2.13. The third kappa shape index (κ3) is 2.78. The van der Waals surface area contributed by atoms with Crippen LogP contribution in [-0.2, 0) is 5.75 Å². The van der Waals surface area contributed by atoms with E-state index in [-0.39, 0.29) is 0 Å². The molecule has 0 aliphatic heterocycles. The van der Waals surface area contributed by atoms with Gasteiger partial charge in [-0.2, -0.15) is 4.68 Å². The molecule has 0 bridgehead atoms. The summed E-state index contributed by atoms with van der Waals surface area (Å²) in [6.45, 7) is 4.10. The van der Waals surface area contributed by atoms with Crippen LogP contribution in [0.5, 0.6) is 0 Å². The van der Waals surface area contributed by atoms with Crippen molar-refractivity contribution in [3.8, 4) is 5.69 Å². The van der Waals surface area contributed by atoms with Gasteiger partial charge in [-0.15, -0.1) is 5.10 Å². The number of oxazole rings is 1. The van der Waals surface area contributed by atoms with Crippen molar-refractivity contribution in [2.45, 2.75) is 24.8 Å². The molecule has 4 rings (SSSR count). The summed E-state index contributed by atoms with van der Waals surface area (Å²) in [5.41, 5.74) is 4.93. The molecule has 0 atom stereocenters. The summed E-state index contributed by atoms with van der Waals surface area (Å²) in [6.07, 6.45) is 0. The number of tetrazole rings is 1. The Kier molecular flexibility index (Phi) is 3.78. The van der Waals surface area contributed by atoms with Crippen molar-refractivity contribution in [1.29, 1.82) is 0 Å². The number of hydrogen-bond donors (Lipinski definition) is 0. The molecule has 2 aromatic heterocycles. The van der Waals surface area contributed by atoms with Crippen molar-refractivity contribution >= 4 is 22.9 Å². The van der Waals surface area contributed by atoms with E-state index in [2.05, 4.69) is 45.6 Å². The second-order valence-electron chi connectivity index (χ2n) is 5.53. The fourth-order valence-corrected chi connectivity index (χ4v) is 3.20. The minimum atomic E-state index is 0.569. The number of aromatic nitrogens is 5. The topological polar surface area (TPSA) is 69.6 Å². The Morgan fingerprint density at radius 2 is 2.00 bits per heavy atom. The lowest BCUT2D eigenvalue weighted by molar-refractivity contribution is 0.556. The smallest absolute Gasteiger partial charge is 0.214 e. The van der Waals surface area contributed by atoms with Gasteiger partial charge in [-0.25, -0.2) is 4.98 Å². The number of nitrogens with zero attached hydrogens (tertiary/aromatic N) is 5. The molecule has 0 amide bonds. The molecule has 2 aromatic carbocycles. The predicted octanol–water partition coefficient (Wildman–Crippen LogP) is 3.71. The molecule has 0 N–H and O–H groups in total. The first-order chi connectivity index (χ1) is 11.7. The van der Waals surface area contributed by atoms with E-state index in [4.69, 9.17) is 4.42 Å². The molecule has 4 aromatic rings. The predicted molar refractivity (Wildman–Crippen MR) is 92.2 cm³/mol. The highest BCUT2D eigenvalue weighted by atomic mass is 32.2. The molecule has 0 fully saturated rings. The molecule has 2 heterocycles. The summed E-state index contributed by atoms with van der Waals surface area (Å²) >= 11 is 1.50. The second kappa shape index (κ2) is 6.09. The van der Waals surface area contributed by atoms with Crippen molar-refractivity contribution in [2.75, 3.05) is 0 Å². The normalized spacial score (nSPS) is 11.2. The number of thioether (sulfide) groups is 1. The molecule has 7 heteroatoms. The average Bonchev–Trinajstić information content (AvgIpc) is 3.21. The van der Waals surface area contributed by atoms with E-state index in [0.29, 0.717) is 16.8 Å². The molecule has 0 saturated heterocycles. The summed E-state index contributed by atoms with van der Waals surface area (Å²) < 4.78 is 7.50. The standard InChI is InChI=1S/C17H15N5OS/c1-11-7-8-12(2)14(9-11)22-17(19-20-21-22)24-10-16-18-13-5-3-4-6-15(13)23-16/h3-9H,10H2,1-2H3. The maximum Gasteiger partial charge on any atom is 0.214 e. The molecule has 0 radical (unpaired) electrons. The lowest BCUT2D eigenvalue weighted by Crippen LogP contribution is -2.02. The molecule has 6 nitrogen and oxygen atoms in total. The lowest BCUT2D eigenvalue weighted by atomic mass is 10.1. The van der Waals surface area contributed by atoms with E-state index in [1.165, 1.54) is 17.3 Å². The number of para-hydroxylation sites is 2. The van der Waals surface area contributed by atoms with Crippen LogP contribution in [0.25, 0.3) is 16.8 Å². The van der Waals surface area contributed by atoms with Crippen LogP contribution in [0.3, 0.4) is 0 Å². The number of aryl methyl sites for hydroxylation is 2. The number of benzene rings is 2. The highest BCUT2D eigenvalue weighted by molar-refractivity contribution is 7.98. The maximum absolute atomic E-state index is 5.74. The highest BCUT2D eigenvalue weighted by Crippen LogP contribution is 2.25. The van der Waals surface area contributed by atoms with Crippen LogP contribution < -0.4 is 0 Å². The van der Waals surface area contributed by atoms with Crippen LogP contribution in [0.1, 0.15) is 17.0 Å². The lowest BCUT2D eigenvalue weighted by Gasteiger charge is -2.07. The van der Waals surface area contributed by atoms with Gasteiger partial charge < -0.3 is 4.42 Å². The van der Waals surface area contributed by atoms with E-state index < -0.39 is 0 Å². The largest absolute Gasteiger partial charge is 0.440 e. The monoisotopic (exact) mass is 337 g/mol. The molecule has 0 aliphatic carbocycles. The van der Waals surface area contributed by atoms with Gasteiger partial charge in [0.15, 0.2) is 5.58 Å². The summed E-state index contributed by atoms with van der Waals surface area (Å²) in [5, 5.41) is 12.8. The second-order valence-corrected chi connectivity index (χ2v) is 6.47. The zero-order valence-electron chi connectivity index (χ0n) is 13.3. The van der Waals surface area contributed by atoms with Gasteiger partial charge >= 0.3 is 0 Å². The molecule has 0 aliphatic rings. The molecule has 0 unspecified atom stereocenters. The summed E-state index contributed by atoms with van der Waals surface area (Å²) in [7, 11) is 0. The number of rotatable bonds is 4. The van der Waals surface area contributed by atoms with Crippen molar-refractivity contribution in [1.82, 2.24) is 25.2 Å². The van der Waals surface area contributed by atoms with Crippen molar-refractivity contribution in [3.63, 3.8) is 0 Å². The van der Waals surface area contributed by atoms with E-state index in [0.717, 1.165) is 22.4 Å². The van der Waals surface area contributed by atoms with Crippen LogP contribution in [-0.4, -0.2) is 25.2 Å². The Morgan fingerprint density at radius 1 is 1.12 bits per heavy atom. The maximum atomic E-state index is 5.74. The van der Waals surface area contributed by atoms with Gasteiger partial charge in [0, 0.05) is 0 Å². The van der Waals surface area contributed by atoms with Crippen molar-refractivity contribution in [2.24, 2.45) is 0 Å². The van der Waals surface area contributed by atoms with Crippen LogP contribution in [0, 0.1) is 13.8 Å². The van der Waals surface area contributed by atoms with Gasteiger partial charge in [-0.1, -0.05) is 36.0 Å². The Bertz CT molecular complexity index is 974. The van der Waals surface area contributed by atoms with Crippen LogP contribution in [0.4, 0.5) is 0 Å². The molecule has 24 heavy (non-hydrogen) atoms. The first-order valence-electron chi connectivity index (χ1n) is 7.54. The Hall–Kier alpha value is -2.67. The van der Waals surface area contributed by atoms with Crippen molar-refractivity contribution < 1.29 is 4.42 Å². The van der Waals surface area contributed by atoms with Crippen molar-refractivity contribution in [3.05, 3.63) is 59.5 Å². The molecular weight excluding hydrogens is 322 g/mol. The fraction of sp³-hybridized carbons (Fsp3) is 0.176. The van der Waals surface area contributed by atoms with Gasteiger partial charge in [0.2, 0.25) is 11.0 Å². The van der Waals surface area contributed by atoms with Gasteiger partial charge in [0.25, 0.3) is 0 Å². The number of hydrogen-bond acceptors (Lipinski definition) is 6. The Labute approximate surface area is 142 Å². The van der Waals surface area contributed by atoms with Gasteiger partial charge in [0.1, 0.15) is 5.52 Å². The van der Waals surface area contributed by atoms with Gasteiger partial charge in [0.05, 0.1) is 11.4 Å². The molecule has 0 saturated carbocycles. The molecular formula is C17H15N5OS. The zero-order valence-corrected chi connectivity index (χ0v) is 14.1. The zero-order chi connectivity index (χ0) is 16.5. The van der Waals surface area contributed by atoms with E-state index in [9.17, 15) is 0 Å². The fourth-order valence-electron chi connectivity index (χ4n) is 2.48. The summed E-state index contributed by atoms with van der Waals surface area (Å²) in [4.78, 5) is 4.48. The molecule has 120 valence electrons. The first-order valence-corrected chi connectivity index (χ1v) is 8.52. The number of fused-ring (bicyclic) bond motifs is 1. The van der Waals surface area contributed by atoms with Gasteiger partial charge in [-0.05, 0) is 53.6 Å². The minimum Gasteiger partial charge on any atom is -0.440 e. The Morgan fingerprint density at radius 3 is 2.88 bits per heavy atom. The van der Waals surface area contributed by atoms with Crippen LogP contribution in [0.15, 0.2) is 52.0 Å². The third-order valence-corrected chi connectivity index (χ3v) is 4.60. The van der Waals surface area contributed by atoms with E-state index >= 15 is 0 Å². The summed E-state index contributed by atoms with van der Waals surface area (Å²) in [5.74, 6) is 1.23. The SMILES string of the molecule is Cc1ccc(C)c(-n2nnnc2SCc2nc3ccccc3o2)c1. The first kappa shape index (κ1) is 14.9. The van der Waals surface area contributed by atoms with E-state index in [1.807, 2.05) is 31.2 Å². The van der Waals surface area contributed by atoms with Crippen LogP contribution >= 0.6 is 11.8 Å². The minimum absolute atomic E-state index is 0.569. The van der Waals surface area contributed by atoms with Crippen LogP contribution in [0.2, 0.25) is 0 Å². The molecule has 0 spiro atoms. The quantitative estimate of drug-likeness (QED) is 0.529. The third-order valence-electron chi connectivity index (χ3n) is 3.70. The van der Waals surface area contributed by atoms with E-state index in [1.54, 1.807) is 4.68 Å². The van der Waals surface area contributed by atoms with Gasteiger partial charge in [-0.3, -0.25) is 0 Å². The average molecular weight is 337 g/mol. The summed E-state index contributed by atoms with van der Waals surface area (Å²) in [6, 6.07) is 14.0.